The number of non-ortho nitro benzene ring substituents is 1. The Labute approximate surface area is 102 Å². The van der Waals surface area contributed by atoms with Crippen molar-refractivity contribution in [2.45, 2.75) is 12.5 Å². The van der Waals surface area contributed by atoms with Crippen molar-refractivity contribution in [3.05, 3.63) is 28.3 Å². The van der Waals surface area contributed by atoms with Gasteiger partial charge >= 0.3 is 0 Å². The molecule has 18 heavy (non-hydrogen) atoms. The maximum atomic E-state index is 10.6. The van der Waals surface area contributed by atoms with Gasteiger partial charge in [0.05, 0.1) is 11.0 Å². The van der Waals surface area contributed by atoms with Crippen molar-refractivity contribution in [3.63, 3.8) is 0 Å². The fourth-order valence-corrected chi connectivity index (χ4v) is 2.04. The molecule has 1 aliphatic rings. The first-order valence-electron chi connectivity index (χ1n) is 5.74. The third-order valence-corrected chi connectivity index (χ3v) is 2.97. The molecule has 0 saturated carbocycles. The second kappa shape index (κ2) is 4.26. The Balaban J connectivity index is 1.87. The first-order chi connectivity index (χ1) is 8.72. The van der Waals surface area contributed by atoms with Gasteiger partial charge in [0.15, 0.2) is 5.58 Å². The van der Waals surface area contributed by atoms with Gasteiger partial charge in [-0.15, -0.1) is 0 Å². The molecular weight excluding hydrogens is 236 g/mol. The van der Waals surface area contributed by atoms with Gasteiger partial charge in [0.1, 0.15) is 5.52 Å². The van der Waals surface area contributed by atoms with Gasteiger partial charge in [0.25, 0.3) is 11.7 Å². The van der Waals surface area contributed by atoms with E-state index in [4.69, 9.17) is 4.42 Å². The molecule has 2 heterocycles. The first kappa shape index (κ1) is 11.0. The van der Waals surface area contributed by atoms with Crippen LogP contribution in [-0.2, 0) is 0 Å². The van der Waals surface area contributed by atoms with Gasteiger partial charge in [-0.1, -0.05) is 0 Å². The van der Waals surface area contributed by atoms with Gasteiger partial charge in [0.2, 0.25) is 0 Å². The second-order valence-electron chi connectivity index (χ2n) is 4.26. The van der Waals surface area contributed by atoms with E-state index < -0.39 is 4.92 Å². The lowest BCUT2D eigenvalue weighted by atomic mass is 10.3. The number of hydrogen-bond donors (Lipinski definition) is 2. The molecule has 3 rings (SSSR count). The molecular formula is C11H12N4O3. The molecule has 0 radical (unpaired) electrons. The molecule has 1 aliphatic heterocycles. The van der Waals surface area contributed by atoms with Gasteiger partial charge < -0.3 is 15.1 Å². The Morgan fingerprint density at radius 3 is 3.17 bits per heavy atom. The lowest BCUT2D eigenvalue weighted by molar-refractivity contribution is -0.384. The van der Waals surface area contributed by atoms with Crippen molar-refractivity contribution < 1.29 is 9.34 Å². The summed E-state index contributed by atoms with van der Waals surface area (Å²) < 4.78 is 5.47. The van der Waals surface area contributed by atoms with E-state index in [9.17, 15) is 10.1 Å². The van der Waals surface area contributed by atoms with Crippen molar-refractivity contribution in [3.8, 4) is 0 Å². The number of fused-ring (bicyclic) bond motifs is 1. The lowest BCUT2D eigenvalue weighted by Gasteiger charge is -2.07. The van der Waals surface area contributed by atoms with Crippen molar-refractivity contribution in [1.82, 2.24) is 10.3 Å². The van der Waals surface area contributed by atoms with E-state index in [2.05, 4.69) is 15.6 Å². The highest BCUT2D eigenvalue weighted by atomic mass is 16.6. The van der Waals surface area contributed by atoms with Gasteiger partial charge in [-0.05, 0) is 19.0 Å². The summed E-state index contributed by atoms with van der Waals surface area (Å²) in [5.74, 6) is 0. The van der Waals surface area contributed by atoms with Crippen LogP contribution in [0.5, 0.6) is 0 Å². The topological polar surface area (TPSA) is 93.2 Å². The molecule has 94 valence electrons. The fraction of sp³-hybridized carbons (Fsp3) is 0.364. The Bertz CT molecular complexity index is 589. The number of benzene rings is 1. The van der Waals surface area contributed by atoms with Crippen LogP contribution in [-0.4, -0.2) is 29.0 Å². The van der Waals surface area contributed by atoms with Crippen LogP contribution in [0, 0.1) is 10.1 Å². The molecule has 2 N–H and O–H groups in total. The summed E-state index contributed by atoms with van der Waals surface area (Å²) in [5.41, 5.74) is 1.06. The fourth-order valence-electron chi connectivity index (χ4n) is 2.04. The summed E-state index contributed by atoms with van der Waals surface area (Å²) in [5, 5.41) is 17.0. The van der Waals surface area contributed by atoms with Crippen LogP contribution < -0.4 is 10.6 Å². The molecule has 0 spiro atoms. The normalized spacial score (nSPS) is 19.2. The van der Waals surface area contributed by atoms with Crippen molar-refractivity contribution in [2.75, 3.05) is 18.4 Å². The SMILES string of the molecule is O=[N+]([O-])c1ccc2nc(NC3CCNC3)oc2c1. The number of nitro benzene ring substituents is 1. The van der Waals surface area contributed by atoms with E-state index in [0.29, 0.717) is 23.2 Å². The number of oxazole rings is 1. The molecule has 1 fully saturated rings. The van der Waals surface area contributed by atoms with E-state index in [-0.39, 0.29) is 5.69 Å². The molecule has 1 atom stereocenters. The molecule has 1 aromatic carbocycles. The summed E-state index contributed by atoms with van der Waals surface area (Å²) >= 11 is 0. The number of nitrogens with one attached hydrogen (secondary N) is 2. The van der Waals surface area contributed by atoms with Gasteiger partial charge in [0, 0.05) is 18.7 Å². The Hall–Kier alpha value is -2.15. The molecule has 7 nitrogen and oxygen atoms in total. The van der Waals surface area contributed by atoms with E-state index in [1.165, 1.54) is 12.1 Å². The first-order valence-corrected chi connectivity index (χ1v) is 5.74. The Morgan fingerprint density at radius 2 is 2.44 bits per heavy atom. The summed E-state index contributed by atoms with van der Waals surface area (Å²) in [6, 6.07) is 5.12. The average Bonchev–Trinajstić information content (AvgIpc) is 2.96. The van der Waals surface area contributed by atoms with E-state index in [1.807, 2.05) is 0 Å². The minimum atomic E-state index is -0.448. The smallest absolute Gasteiger partial charge is 0.295 e. The van der Waals surface area contributed by atoms with Crippen LogP contribution in [0.2, 0.25) is 0 Å². The zero-order chi connectivity index (χ0) is 12.5. The molecule has 2 aromatic rings. The van der Waals surface area contributed by atoms with Crippen molar-refractivity contribution in [2.24, 2.45) is 0 Å². The maximum absolute atomic E-state index is 10.6. The zero-order valence-corrected chi connectivity index (χ0v) is 9.55. The maximum Gasteiger partial charge on any atom is 0.295 e. The predicted octanol–water partition coefficient (Wildman–Crippen LogP) is 1.51. The molecule has 0 amide bonds. The highest BCUT2D eigenvalue weighted by Gasteiger charge is 2.17. The van der Waals surface area contributed by atoms with Crippen LogP contribution >= 0.6 is 0 Å². The minimum Gasteiger partial charge on any atom is -0.423 e. The number of hydrogen-bond acceptors (Lipinski definition) is 6. The van der Waals surface area contributed by atoms with E-state index >= 15 is 0 Å². The van der Waals surface area contributed by atoms with Crippen LogP contribution in [0.1, 0.15) is 6.42 Å². The molecule has 1 saturated heterocycles. The number of nitro groups is 1. The summed E-state index contributed by atoms with van der Waals surface area (Å²) in [6.07, 6.45) is 1.01. The number of aromatic nitrogens is 1. The third kappa shape index (κ3) is 2.00. The van der Waals surface area contributed by atoms with Crippen molar-refractivity contribution in [1.29, 1.82) is 0 Å². The number of anilines is 1. The van der Waals surface area contributed by atoms with Gasteiger partial charge in [-0.2, -0.15) is 4.98 Å². The Morgan fingerprint density at radius 1 is 1.56 bits per heavy atom. The summed E-state index contributed by atoms with van der Waals surface area (Å²) in [4.78, 5) is 14.4. The van der Waals surface area contributed by atoms with Crippen molar-refractivity contribution >= 4 is 22.8 Å². The molecule has 7 heteroatoms. The minimum absolute atomic E-state index is 0.00716. The Kier molecular flexibility index (Phi) is 2.60. The second-order valence-corrected chi connectivity index (χ2v) is 4.26. The van der Waals surface area contributed by atoms with E-state index in [0.717, 1.165) is 19.5 Å². The highest BCUT2D eigenvalue weighted by Crippen LogP contribution is 2.24. The monoisotopic (exact) mass is 248 g/mol. The summed E-state index contributed by atoms with van der Waals surface area (Å²) in [6.45, 7) is 1.85. The summed E-state index contributed by atoms with van der Waals surface area (Å²) in [7, 11) is 0. The molecule has 0 aliphatic carbocycles. The standard InChI is InChI=1S/C11H12N4O3/c16-15(17)8-1-2-9-10(5-8)18-11(14-9)13-7-3-4-12-6-7/h1-2,5,7,12H,3-4,6H2,(H,13,14). The van der Waals surface area contributed by atoms with Gasteiger partial charge in [-0.25, -0.2) is 0 Å². The quantitative estimate of drug-likeness (QED) is 0.631. The molecule has 1 aromatic heterocycles. The molecule has 0 bridgehead atoms. The van der Waals surface area contributed by atoms with Crippen LogP contribution in [0.15, 0.2) is 22.6 Å². The predicted molar refractivity (Wildman–Crippen MR) is 65.6 cm³/mol. The van der Waals surface area contributed by atoms with Gasteiger partial charge in [-0.3, -0.25) is 10.1 Å². The number of rotatable bonds is 3. The zero-order valence-electron chi connectivity index (χ0n) is 9.55. The number of nitrogens with zero attached hydrogens (tertiary/aromatic N) is 2. The van der Waals surface area contributed by atoms with Crippen LogP contribution in [0.4, 0.5) is 11.7 Å². The van der Waals surface area contributed by atoms with E-state index in [1.54, 1.807) is 6.07 Å². The van der Waals surface area contributed by atoms with Crippen LogP contribution in [0.25, 0.3) is 11.1 Å². The average molecular weight is 248 g/mol. The molecule has 1 unspecified atom stereocenters. The largest absolute Gasteiger partial charge is 0.423 e. The van der Waals surface area contributed by atoms with Crippen LogP contribution in [0.3, 0.4) is 0 Å². The highest BCUT2D eigenvalue weighted by molar-refractivity contribution is 5.77. The third-order valence-electron chi connectivity index (χ3n) is 2.97. The lowest BCUT2D eigenvalue weighted by Crippen LogP contribution is -2.22.